The molecule has 0 aromatic carbocycles. The second-order valence-corrected chi connectivity index (χ2v) is 7.23. The van der Waals surface area contributed by atoms with E-state index in [1.165, 1.54) is 0 Å². The summed E-state index contributed by atoms with van der Waals surface area (Å²) in [5.74, 6) is 0.0752. The zero-order chi connectivity index (χ0) is 18.6. The Balaban J connectivity index is 1.72. The van der Waals surface area contributed by atoms with Gasteiger partial charge in [-0.05, 0) is 6.42 Å². The van der Waals surface area contributed by atoms with Gasteiger partial charge in [0.2, 0.25) is 0 Å². The molecule has 8 nitrogen and oxygen atoms in total. The minimum atomic E-state index is -0.747. The molecular formula is C18H28O8. The smallest absolute Gasteiger partial charge is 0.337 e. The van der Waals surface area contributed by atoms with Crippen LogP contribution >= 0.6 is 0 Å². The number of hydrogen-bond acceptors (Lipinski definition) is 8. The second kappa shape index (κ2) is 8.67. The van der Waals surface area contributed by atoms with Crippen molar-refractivity contribution in [3.8, 4) is 0 Å². The average molecular weight is 372 g/mol. The Labute approximate surface area is 153 Å². The molecule has 0 radical (unpaired) electrons. The lowest BCUT2D eigenvalue weighted by atomic mass is 9.88. The summed E-state index contributed by atoms with van der Waals surface area (Å²) in [6.45, 7) is 3.69. The molecular weight excluding hydrogens is 344 g/mol. The van der Waals surface area contributed by atoms with Gasteiger partial charge < -0.3 is 33.9 Å². The van der Waals surface area contributed by atoms with E-state index in [4.69, 9.17) is 23.7 Å². The fourth-order valence-electron chi connectivity index (χ4n) is 2.51. The van der Waals surface area contributed by atoms with Crippen LogP contribution < -0.4 is 0 Å². The molecule has 0 bridgehead atoms. The van der Waals surface area contributed by atoms with Crippen LogP contribution in [0.5, 0.6) is 0 Å². The van der Waals surface area contributed by atoms with Crippen molar-refractivity contribution in [2.75, 3.05) is 46.2 Å². The third kappa shape index (κ3) is 5.65. The van der Waals surface area contributed by atoms with E-state index in [0.717, 1.165) is 0 Å². The monoisotopic (exact) mass is 372 g/mol. The minimum absolute atomic E-state index is 0.0000577. The number of carbonyl (C=O) groups excluding carboxylic acids is 1. The Morgan fingerprint density at radius 3 is 2.08 bits per heavy atom. The zero-order valence-corrected chi connectivity index (χ0v) is 15.1. The molecule has 2 N–H and O–H groups in total. The highest BCUT2D eigenvalue weighted by atomic mass is 16.6. The molecule has 3 unspecified atom stereocenters. The summed E-state index contributed by atoms with van der Waals surface area (Å²) in [4.78, 5) is 12.6. The summed E-state index contributed by atoms with van der Waals surface area (Å²) in [5.41, 5.74) is -0.299. The second-order valence-electron chi connectivity index (χ2n) is 7.23. The van der Waals surface area contributed by atoms with Gasteiger partial charge in [0.1, 0.15) is 18.5 Å². The maximum atomic E-state index is 12.6. The van der Waals surface area contributed by atoms with Crippen molar-refractivity contribution < 1.29 is 38.7 Å². The number of hydrogen-bond donors (Lipinski definition) is 2. The highest BCUT2D eigenvalue weighted by molar-refractivity contribution is 5.89. The first kappa shape index (κ1) is 19.6. The molecule has 0 amide bonds. The first-order valence-corrected chi connectivity index (χ1v) is 9.17. The first-order chi connectivity index (χ1) is 12.6. The lowest BCUT2D eigenvalue weighted by Crippen LogP contribution is -2.34. The number of aliphatic hydroxyl groups excluding tert-OH is 2. The molecule has 3 heterocycles. The predicted octanol–water partition coefficient (Wildman–Crippen LogP) is 0.158. The normalized spacial score (nSPS) is 27.6. The van der Waals surface area contributed by atoms with Gasteiger partial charge >= 0.3 is 5.97 Å². The van der Waals surface area contributed by atoms with Gasteiger partial charge in [0, 0.05) is 12.8 Å². The van der Waals surface area contributed by atoms with Crippen LogP contribution in [-0.2, 0) is 28.5 Å². The fraction of sp³-hybridized carbons (Fsp3) is 0.833. The van der Waals surface area contributed by atoms with Crippen molar-refractivity contribution in [2.24, 2.45) is 5.41 Å². The van der Waals surface area contributed by atoms with Gasteiger partial charge in [-0.15, -0.1) is 0 Å². The molecule has 3 aliphatic rings. The molecule has 0 aromatic heterocycles. The maximum Gasteiger partial charge on any atom is 0.337 e. The van der Waals surface area contributed by atoms with E-state index in [2.05, 4.69) is 0 Å². The summed E-state index contributed by atoms with van der Waals surface area (Å²) in [7, 11) is 0. The molecule has 3 atom stereocenters. The van der Waals surface area contributed by atoms with E-state index in [-0.39, 0.29) is 44.7 Å². The van der Waals surface area contributed by atoms with Gasteiger partial charge in [-0.1, -0.05) is 6.92 Å². The van der Waals surface area contributed by atoms with Crippen molar-refractivity contribution >= 4 is 5.97 Å². The molecule has 148 valence electrons. The van der Waals surface area contributed by atoms with E-state index >= 15 is 0 Å². The van der Waals surface area contributed by atoms with Crippen LogP contribution in [-0.4, -0.2) is 80.7 Å². The summed E-state index contributed by atoms with van der Waals surface area (Å²) in [6.07, 6.45) is 1.46. The van der Waals surface area contributed by atoms with Gasteiger partial charge in [-0.2, -0.15) is 0 Å². The lowest BCUT2D eigenvalue weighted by Gasteiger charge is -2.29. The van der Waals surface area contributed by atoms with Crippen LogP contribution in [0, 0.1) is 5.41 Å². The molecule has 26 heavy (non-hydrogen) atoms. The van der Waals surface area contributed by atoms with Gasteiger partial charge in [0.15, 0.2) is 0 Å². The van der Waals surface area contributed by atoms with E-state index < -0.39 is 11.4 Å². The van der Waals surface area contributed by atoms with E-state index in [1.54, 1.807) is 0 Å². The predicted molar refractivity (Wildman–Crippen MR) is 89.3 cm³/mol. The van der Waals surface area contributed by atoms with Crippen LogP contribution in [0.4, 0.5) is 0 Å². The first-order valence-electron chi connectivity index (χ1n) is 9.17. The number of epoxide rings is 3. The Bertz CT molecular complexity index is 507. The molecule has 3 aliphatic heterocycles. The van der Waals surface area contributed by atoms with E-state index in [9.17, 15) is 15.0 Å². The highest BCUT2D eigenvalue weighted by Crippen LogP contribution is 2.31. The van der Waals surface area contributed by atoms with Crippen molar-refractivity contribution in [2.45, 2.75) is 44.5 Å². The molecule has 8 heteroatoms. The van der Waals surface area contributed by atoms with Gasteiger partial charge in [-0.3, -0.25) is 0 Å². The van der Waals surface area contributed by atoms with Crippen LogP contribution in [0.25, 0.3) is 0 Å². The maximum absolute atomic E-state index is 12.6. The standard InChI is InChI=1S/C18H28O8/c1-2-18(9-19,10-20)11-26-16(4-13-6-23-13)15(3-12-5-22-12)17(21)25-8-14-7-24-14/h12-14,19-20H,2-11H2,1H3. The minimum Gasteiger partial charge on any atom is -0.497 e. The van der Waals surface area contributed by atoms with Crippen LogP contribution in [0.3, 0.4) is 0 Å². The van der Waals surface area contributed by atoms with Crippen LogP contribution in [0.15, 0.2) is 11.3 Å². The third-order valence-corrected chi connectivity index (χ3v) is 5.01. The third-order valence-electron chi connectivity index (χ3n) is 5.01. The largest absolute Gasteiger partial charge is 0.497 e. The van der Waals surface area contributed by atoms with Crippen LogP contribution in [0.1, 0.15) is 26.2 Å². The number of ether oxygens (including phenoxy) is 5. The number of rotatable bonds is 13. The Morgan fingerprint density at radius 1 is 1.00 bits per heavy atom. The van der Waals surface area contributed by atoms with Crippen molar-refractivity contribution in [1.29, 1.82) is 0 Å². The van der Waals surface area contributed by atoms with E-state index in [0.29, 0.717) is 50.4 Å². The molecule has 0 spiro atoms. The van der Waals surface area contributed by atoms with Gasteiger partial charge in [0.05, 0.1) is 62.8 Å². The topological polar surface area (TPSA) is 114 Å². The summed E-state index contributed by atoms with van der Waals surface area (Å²) in [6, 6.07) is 0. The lowest BCUT2D eigenvalue weighted by molar-refractivity contribution is -0.140. The molecule has 0 aromatic rings. The zero-order valence-electron chi connectivity index (χ0n) is 15.1. The summed E-state index contributed by atoms with van der Waals surface area (Å²) < 4.78 is 27.0. The van der Waals surface area contributed by atoms with Crippen molar-refractivity contribution in [3.63, 3.8) is 0 Å². The molecule has 3 saturated heterocycles. The SMILES string of the molecule is CCC(CO)(CO)COC(CC1CO1)=C(CC1CO1)C(=O)OCC1CO1. The Hall–Kier alpha value is -1.19. The summed E-state index contributed by atoms with van der Waals surface area (Å²) in [5, 5.41) is 19.3. The molecule has 0 aliphatic carbocycles. The summed E-state index contributed by atoms with van der Waals surface area (Å²) >= 11 is 0. The van der Waals surface area contributed by atoms with Gasteiger partial charge in [0.25, 0.3) is 0 Å². The quantitative estimate of drug-likeness (QED) is 0.203. The number of carbonyl (C=O) groups is 1. The van der Waals surface area contributed by atoms with Crippen molar-refractivity contribution in [3.05, 3.63) is 11.3 Å². The highest BCUT2D eigenvalue weighted by Gasteiger charge is 2.35. The molecule has 3 fully saturated rings. The van der Waals surface area contributed by atoms with Gasteiger partial charge in [-0.25, -0.2) is 4.79 Å². The number of esters is 1. The molecule has 0 saturated carbocycles. The van der Waals surface area contributed by atoms with E-state index in [1.807, 2.05) is 6.92 Å². The Kier molecular flexibility index (Phi) is 6.52. The number of aliphatic hydroxyl groups is 2. The van der Waals surface area contributed by atoms with Crippen molar-refractivity contribution in [1.82, 2.24) is 0 Å². The molecule has 3 rings (SSSR count). The fourth-order valence-corrected chi connectivity index (χ4v) is 2.51. The average Bonchev–Trinajstić information content (AvgIpc) is 3.47. The van der Waals surface area contributed by atoms with Crippen LogP contribution in [0.2, 0.25) is 0 Å². The Morgan fingerprint density at radius 2 is 1.58 bits per heavy atom.